The molecule has 0 atom stereocenters. The molecule has 15 heteroatoms. The van der Waals surface area contributed by atoms with Gasteiger partial charge in [-0.15, -0.1) is 11.8 Å². The largest absolute Gasteiger partial charge is 0.493 e. The van der Waals surface area contributed by atoms with Crippen LogP contribution in [0.3, 0.4) is 0 Å². The lowest BCUT2D eigenvalue weighted by Crippen LogP contribution is -2.28. The van der Waals surface area contributed by atoms with Crippen molar-refractivity contribution < 1.29 is 32.2 Å². The molecule has 42 heavy (non-hydrogen) atoms. The first-order valence-corrected chi connectivity index (χ1v) is 14.5. The summed E-state index contributed by atoms with van der Waals surface area (Å²) in [6, 6.07) is 12.6. The van der Waals surface area contributed by atoms with Gasteiger partial charge in [0.15, 0.2) is 11.5 Å². The quantitative estimate of drug-likeness (QED) is 0.268. The summed E-state index contributed by atoms with van der Waals surface area (Å²) < 4.78 is 42.2. The summed E-state index contributed by atoms with van der Waals surface area (Å²) in [5.41, 5.74) is 7.16. The van der Waals surface area contributed by atoms with Gasteiger partial charge in [-0.05, 0) is 42.0 Å². The first-order valence-electron chi connectivity index (χ1n) is 12.0. The van der Waals surface area contributed by atoms with E-state index in [0.717, 1.165) is 18.7 Å². The summed E-state index contributed by atoms with van der Waals surface area (Å²) in [5.74, 6) is -0.0663. The molecule has 3 aromatic rings. The van der Waals surface area contributed by atoms with Crippen molar-refractivity contribution in [1.82, 2.24) is 9.71 Å². The molecule has 218 valence electrons. The maximum absolute atomic E-state index is 12.5. The van der Waals surface area contributed by atoms with Gasteiger partial charge in [0.25, 0.3) is 10.0 Å². The predicted octanol–water partition coefficient (Wildman–Crippen LogP) is 3.05. The van der Waals surface area contributed by atoms with Crippen molar-refractivity contribution in [2.75, 3.05) is 38.1 Å². The lowest BCUT2D eigenvalue weighted by molar-refractivity contribution is -0.117. The molecule has 0 aliphatic carbocycles. The number of aromatic nitrogens is 1. The van der Waals surface area contributed by atoms with Gasteiger partial charge >= 0.3 is 0 Å². The van der Waals surface area contributed by atoms with Gasteiger partial charge in [0.1, 0.15) is 28.5 Å². The Morgan fingerprint density at radius 3 is 2.10 bits per heavy atom. The molecule has 0 aliphatic heterocycles. The Morgan fingerprint density at radius 1 is 1.00 bits per heavy atom. The van der Waals surface area contributed by atoms with Crippen LogP contribution in [-0.4, -0.2) is 52.3 Å². The number of rotatable bonds is 11. The Morgan fingerprint density at radius 2 is 1.60 bits per heavy atom. The number of carbonyl (C=O) groups is 2. The van der Waals surface area contributed by atoms with E-state index in [1.54, 1.807) is 12.1 Å². The zero-order chi connectivity index (χ0) is 31.0. The van der Waals surface area contributed by atoms with Gasteiger partial charge in [0.05, 0.1) is 31.8 Å². The molecule has 0 spiro atoms. The van der Waals surface area contributed by atoms with E-state index in [1.807, 2.05) is 10.8 Å². The van der Waals surface area contributed by atoms with E-state index >= 15 is 0 Å². The SMILES string of the molecule is COc1cc(-c2c(C#N)c(N)nc(SCCC(=O)Nc3ccc(S(=O)(=O)NC(C)=O)cc3)c2C#N)cc(OC)c1OC. The Bertz CT molecular complexity index is 1690. The lowest BCUT2D eigenvalue weighted by atomic mass is 9.96. The molecule has 2 amide bonds. The average molecular weight is 611 g/mol. The number of nitriles is 2. The summed E-state index contributed by atoms with van der Waals surface area (Å²) >= 11 is 1.10. The minimum atomic E-state index is -4.00. The number of thioether (sulfide) groups is 1. The summed E-state index contributed by atoms with van der Waals surface area (Å²) in [6.07, 6.45) is 0.00256. The minimum absolute atomic E-state index is 0.00256. The van der Waals surface area contributed by atoms with Gasteiger partial charge in [-0.25, -0.2) is 18.1 Å². The third-order valence-electron chi connectivity index (χ3n) is 5.66. The third kappa shape index (κ3) is 7.01. The van der Waals surface area contributed by atoms with Gasteiger partial charge in [-0.3, -0.25) is 9.59 Å². The Balaban J connectivity index is 1.83. The number of sulfonamides is 1. The Kier molecular flexibility index (Phi) is 10.2. The zero-order valence-corrected chi connectivity index (χ0v) is 24.6. The van der Waals surface area contributed by atoms with Gasteiger partial charge in [0.2, 0.25) is 17.6 Å². The molecular formula is C27H26N6O7S2. The van der Waals surface area contributed by atoms with Crippen molar-refractivity contribution in [3.63, 3.8) is 0 Å². The number of benzene rings is 2. The van der Waals surface area contributed by atoms with Crippen LogP contribution in [0.15, 0.2) is 46.3 Å². The molecule has 2 aromatic carbocycles. The summed E-state index contributed by atoms with van der Waals surface area (Å²) in [6.45, 7) is 1.08. The minimum Gasteiger partial charge on any atom is -0.493 e. The van der Waals surface area contributed by atoms with Crippen LogP contribution in [0.5, 0.6) is 17.2 Å². The zero-order valence-electron chi connectivity index (χ0n) is 23.0. The van der Waals surface area contributed by atoms with Crippen LogP contribution in [0.2, 0.25) is 0 Å². The van der Waals surface area contributed by atoms with Crippen molar-refractivity contribution in [2.45, 2.75) is 23.3 Å². The highest BCUT2D eigenvalue weighted by Gasteiger charge is 2.24. The lowest BCUT2D eigenvalue weighted by Gasteiger charge is -2.17. The topological polar surface area (TPSA) is 207 Å². The monoisotopic (exact) mass is 610 g/mol. The molecule has 0 aliphatic rings. The van der Waals surface area contributed by atoms with Crippen LogP contribution < -0.4 is 30.0 Å². The van der Waals surface area contributed by atoms with E-state index < -0.39 is 15.9 Å². The third-order valence-corrected chi connectivity index (χ3v) is 8.09. The number of nitrogens with two attached hydrogens (primary N) is 1. The fourth-order valence-electron chi connectivity index (χ4n) is 3.85. The van der Waals surface area contributed by atoms with Gasteiger partial charge in [-0.1, -0.05) is 0 Å². The second-order valence-electron chi connectivity index (χ2n) is 8.40. The summed E-state index contributed by atoms with van der Waals surface area (Å²) in [5, 5.41) is 22.8. The number of carbonyl (C=O) groups excluding carboxylic acids is 2. The number of amides is 2. The number of methoxy groups -OCH3 is 3. The number of anilines is 2. The van der Waals surface area contributed by atoms with Crippen LogP contribution in [0.4, 0.5) is 11.5 Å². The number of ether oxygens (including phenoxy) is 3. The van der Waals surface area contributed by atoms with Crippen LogP contribution in [0.1, 0.15) is 24.5 Å². The van der Waals surface area contributed by atoms with Crippen LogP contribution in [0.25, 0.3) is 11.1 Å². The van der Waals surface area contributed by atoms with E-state index in [0.29, 0.717) is 28.5 Å². The fourth-order valence-corrected chi connectivity index (χ4v) is 5.77. The molecule has 4 N–H and O–H groups in total. The highest BCUT2D eigenvalue weighted by molar-refractivity contribution is 7.99. The molecule has 0 saturated heterocycles. The molecule has 0 saturated carbocycles. The molecule has 0 radical (unpaired) electrons. The number of nitrogens with one attached hydrogen (secondary N) is 2. The maximum Gasteiger partial charge on any atom is 0.264 e. The van der Waals surface area contributed by atoms with Gasteiger partial charge < -0.3 is 25.3 Å². The van der Waals surface area contributed by atoms with Crippen molar-refractivity contribution in [3.05, 3.63) is 47.5 Å². The van der Waals surface area contributed by atoms with E-state index in [1.165, 1.54) is 45.6 Å². The smallest absolute Gasteiger partial charge is 0.264 e. The molecule has 3 rings (SSSR count). The highest BCUT2D eigenvalue weighted by atomic mass is 32.2. The fraction of sp³-hybridized carbons (Fsp3) is 0.222. The molecule has 0 unspecified atom stereocenters. The van der Waals surface area contributed by atoms with Gasteiger partial charge in [0, 0.05) is 30.3 Å². The molecule has 1 heterocycles. The van der Waals surface area contributed by atoms with Crippen molar-refractivity contribution in [2.24, 2.45) is 0 Å². The van der Waals surface area contributed by atoms with Crippen molar-refractivity contribution in [3.8, 4) is 40.5 Å². The summed E-state index contributed by atoms with van der Waals surface area (Å²) in [7, 11) is 0.324. The molecule has 0 fully saturated rings. The predicted molar refractivity (Wildman–Crippen MR) is 155 cm³/mol. The Hall–Kier alpha value is -4.99. The van der Waals surface area contributed by atoms with E-state index in [2.05, 4.69) is 16.4 Å². The van der Waals surface area contributed by atoms with Crippen molar-refractivity contribution in [1.29, 1.82) is 10.5 Å². The first kappa shape index (κ1) is 31.5. The van der Waals surface area contributed by atoms with Crippen LogP contribution >= 0.6 is 11.8 Å². The number of nitrogens with zero attached hydrogens (tertiary/aromatic N) is 3. The summed E-state index contributed by atoms with van der Waals surface area (Å²) in [4.78, 5) is 27.8. The normalized spacial score (nSPS) is 10.6. The molecule has 1 aromatic heterocycles. The molecular weight excluding hydrogens is 584 g/mol. The van der Waals surface area contributed by atoms with Crippen LogP contribution in [-0.2, 0) is 19.6 Å². The van der Waals surface area contributed by atoms with Crippen molar-refractivity contribution >= 4 is 45.1 Å². The maximum atomic E-state index is 12.5. The number of hydrogen-bond donors (Lipinski definition) is 3. The van der Waals surface area contributed by atoms with Crippen LogP contribution in [0, 0.1) is 22.7 Å². The van der Waals surface area contributed by atoms with E-state index in [9.17, 15) is 28.5 Å². The number of nitrogen functional groups attached to an aromatic ring is 1. The molecule has 13 nitrogen and oxygen atoms in total. The van der Waals surface area contributed by atoms with Gasteiger partial charge in [-0.2, -0.15) is 10.5 Å². The standard InChI is InChI=1S/C27H26N6O7S2/c1-15(34)33-42(36,37)18-7-5-17(6-8-18)31-23(35)9-10-41-27-20(14-29)24(19(13-28)26(30)32-27)16-11-21(38-2)25(40-4)22(12-16)39-3/h5-8,11-12H,9-10H2,1-4H3,(H2,30,32)(H,31,35)(H,33,34). The molecule has 0 bridgehead atoms. The van der Waals surface area contributed by atoms with E-state index in [-0.39, 0.29) is 50.5 Å². The first-order chi connectivity index (χ1) is 20.0. The number of hydrogen-bond acceptors (Lipinski definition) is 12. The second-order valence-corrected chi connectivity index (χ2v) is 11.2. The number of pyridine rings is 1. The second kappa shape index (κ2) is 13.6. The highest BCUT2D eigenvalue weighted by Crippen LogP contribution is 2.44. The Labute approximate surface area is 246 Å². The van der Waals surface area contributed by atoms with E-state index in [4.69, 9.17) is 19.9 Å². The average Bonchev–Trinajstić information content (AvgIpc) is 2.95.